The molecule has 15 heavy (non-hydrogen) atoms. The Labute approximate surface area is 104 Å². The van der Waals surface area contributed by atoms with Crippen molar-refractivity contribution in [3.8, 4) is 0 Å². The number of halogens is 1. The van der Waals surface area contributed by atoms with E-state index in [-0.39, 0.29) is 5.54 Å². The van der Waals surface area contributed by atoms with Gasteiger partial charge in [-0.15, -0.1) is 0 Å². The molecular formula is C12H27BrN2. The van der Waals surface area contributed by atoms with E-state index in [2.05, 4.69) is 47.3 Å². The lowest BCUT2D eigenvalue weighted by atomic mass is 9.88. The largest absolute Gasteiger partial charge is 0.320 e. The molecule has 0 aromatic heterocycles. The van der Waals surface area contributed by atoms with Crippen molar-refractivity contribution in [2.45, 2.75) is 50.4 Å². The Hall–Kier alpha value is 0.400. The average Bonchev–Trinajstić information content (AvgIpc) is 2.17. The number of rotatable bonds is 8. The quantitative estimate of drug-likeness (QED) is 0.527. The van der Waals surface area contributed by atoms with Crippen molar-refractivity contribution in [2.24, 2.45) is 5.92 Å². The molecule has 0 aliphatic carbocycles. The van der Waals surface area contributed by atoms with Crippen molar-refractivity contribution in [3.05, 3.63) is 0 Å². The summed E-state index contributed by atoms with van der Waals surface area (Å²) >= 11 is 3.80. The van der Waals surface area contributed by atoms with Crippen molar-refractivity contribution >= 4 is 15.9 Å². The minimum absolute atomic E-state index is 0.244. The van der Waals surface area contributed by atoms with Crippen LogP contribution in [0, 0.1) is 5.92 Å². The second kappa shape index (κ2) is 7.64. The van der Waals surface area contributed by atoms with Crippen LogP contribution < -0.4 is 10.6 Å². The van der Waals surface area contributed by atoms with Gasteiger partial charge in [0.1, 0.15) is 0 Å². The van der Waals surface area contributed by atoms with Gasteiger partial charge in [0.05, 0.1) is 0 Å². The van der Waals surface area contributed by atoms with Crippen LogP contribution in [0.15, 0.2) is 0 Å². The van der Waals surface area contributed by atoms with Crippen molar-refractivity contribution in [3.63, 3.8) is 0 Å². The summed E-state index contributed by atoms with van der Waals surface area (Å²) in [4.78, 5) is 0.637. The van der Waals surface area contributed by atoms with Crippen LogP contribution in [-0.2, 0) is 0 Å². The fourth-order valence-corrected chi connectivity index (χ4v) is 2.30. The molecule has 0 fully saturated rings. The molecule has 0 saturated heterocycles. The summed E-state index contributed by atoms with van der Waals surface area (Å²) < 4.78 is 0. The van der Waals surface area contributed by atoms with E-state index in [1.165, 1.54) is 19.3 Å². The summed E-state index contributed by atoms with van der Waals surface area (Å²) in [5.74, 6) is 0.712. The van der Waals surface area contributed by atoms with Gasteiger partial charge in [0.15, 0.2) is 0 Å². The molecule has 3 heteroatoms. The van der Waals surface area contributed by atoms with Crippen LogP contribution in [0.3, 0.4) is 0 Å². The Morgan fingerprint density at radius 3 is 2.33 bits per heavy atom. The molecular weight excluding hydrogens is 252 g/mol. The van der Waals surface area contributed by atoms with Crippen LogP contribution >= 0.6 is 15.9 Å². The summed E-state index contributed by atoms with van der Waals surface area (Å²) in [5.41, 5.74) is 0.244. The Bertz CT molecular complexity index is 160. The first-order valence-corrected chi connectivity index (χ1v) is 6.82. The molecule has 0 aliphatic rings. The fourth-order valence-electron chi connectivity index (χ4n) is 1.79. The molecule has 0 amide bonds. The summed E-state index contributed by atoms with van der Waals surface area (Å²) in [6.07, 6.45) is 3.71. The first-order chi connectivity index (χ1) is 6.93. The number of hydrogen-bond acceptors (Lipinski definition) is 2. The van der Waals surface area contributed by atoms with Crippen molar-refractivity contribution < 1.29 is 0 Å². The maximum atomic E-state index is 3.80. The lowest BCUT2D eigenvalue weighted by Crippen LogP contribution is -2.39. The van der Waals surface area contributed by atoms with Crippen molar-refractivity contribution in [1.29, 1.82) is 0 Å². The predicted octanol–water partition coefficient (Wildman–Crippen LogP) is 2.77. The number of alkyl halides is 1. The van der Waals surface area contributed by atoms with Crippen LogP contribution in [0.25, 0.3) is 0 Å². The Morgan fingerprint density at radius 1 is 1.27 bits per heavy atom. The first kappa shape index (κ1) is 15.4. The molecule has 92 valence electrons. The van der Waals surface area contributed by atoms with Gasteiger partial charge in [-0.1, -0.05) is 22.9 Å². The van der Waals surface area contributed by atoms with E-state index >= 15 is 0 Å². The zero-order valence-corrected chi connectivity index (χ0v) is 12.4. The van der Waals surface area contributed by atoms with Crippen LogP contribution in [-0.4, -0.2) is 31.0 Å². The maximum absolute atomic E-state index is 3.80. The maximum Gasteiger partial charge on any atom is 0.0172 e. The molecule has 2 N–H and O–H groups in total. The zero-order valence-electron chi connectivity index (χ0n) is 10.9. The highest BCUT2D eigenvalue weighted by atomic mass is 79.9. The molecule has 0 heterocycles. The van der Waals surface area contributed by atoms with Gasteiger partial charge in [-0.2, -0.15) is 0 Å². The molecule has 0 rings (SSSR count). The van der Waals surface area contributed by atoms with Gasteiger partial charge in [-0.05, 0) is 59.7 Å². The third-order valence-corrected chi connectivity index (χ3v) is 4.39. The molecule has 2 atom stereocenters. The molecule has 0 aromatic carbocycles. The third kappa shape index (κ3) is 7.31. The summed E-state index contributed by atoms with van der Waals surface area (Å²) in [5, 5.41) is 6.55. The normalized spacial score (nSPS) is 16.4. The topological polar surface area (TPSA) is 24.1 Å². The Balaban J connectivity index is 3.82. The van der Waals surface area contributed by atoms with Gasteiger partial charge in [-0.3, -0.25) is 0 Å². The minimum Gasteiger partial charge on any atom is -0.320 e. The monoisotopic (exact) mass is 278 g/mol. The smallest absolute Gasteiger partial charge is 0.0172 e. The second-order valence-corrected chi connectivity index (χ2v) is 6.25. The highest BCUT2D eigenvalue weighted by Gasteiger charge is 2.22. The van der Waals surface area contributed by atoms with Gasteiger partial charge in [0.2, 0.25) is 0 Å². The Morgan fingerprint density at radius 2 is 1.87 bits per heavy atom. The third-order valence-electron chi connectivity index (χ3n) is 3.03. The van der Waals surface area contributed by atoms with E-state index in [0.29, 0.717) is 10.7 Å². The van der Waals surface area contributed by atoms with Crippen molar-refractivity contribution in [1.82, 2.24) is 10.6 Å². The average molecular weight is 279 g/mol. The van der Waals surface area contributed by atoms with Crippen LogP contribution in [0.5, 0.6) is 0 Å². The first-order valence-electron chi connectivity index (χ1n) is 5.90. The lowest BCUT2D eigenvalue weighted by Gasteiger charge is -2.30. The van der Waals surface area contributed by atoms with Gasteiger partial charge < -0.3 is 10.6 Å². The molecule has 2 nitrogen and oxygen atoms in total. The Kier molecular flexibility index (Phi) is 7.84. The van der Waals surface area contributed by atoms with E-state index in [4.69, 9.17) is 0 Å². The predicted molar refractivity (Wildman–Crippen MR) is 72.8 cm³/mol. The fraction of sp³-hybridized carbons (Fsp3) is 1.00. The van der Waals surface area contributed by atoms with Gasteiger partial charge >= 0.3 is 0 Å². The van der Waals surface area contributed by atoms with Gasteiger partial charge in [0, 0.05) is 10.4 Å². The summed E-state index contributed by atoms with van der Waals surface area (Å²) in [7, 11) is 4.05. The van der Waals surface area contributed by atoms with E-state index in [0.717, 1.165) is 6.54 Å². The molecule has 0 aromatic rings. The number of nitrogens with one attached hydrogen (secondary N) is 2. The van der Waals surface area contributed by atoms with Crippen molar-refractivity contribution in [2.75, 3.05) is 20.6 Å². The van der Waals surface area contributed by atoms with E-state index in [9.17, 15) is 0 Å². The minimum atomic E-state index is 0.244. The molecule has 0 aliphatic heterocycles. The standard InChI is InChI=1S/C12H27BrN2/c1-10(9-12(2,3)15-5)11(13)7-6-8-14-4/h10-11,14-15H,6-9H2,1-5H3. The SMILES string of the molecule is CNCCCC(Br)C(C)CC(C)(C)NC. The zero-order chi connectivity index (χ0) is 11.9. The molecule has 0 saturated carbocycles. The molecule has 0 radical (unpaired) electrons. The highest BCUT2D eigenvalue weighted by molar-refractivity contribution is 9.09. The van der Waals surface area contributed by atoms with E-state index in [1.54, 1.807) is 0 Å². The summed E-state index contributed by atoms with van der Waals surface area (Å²) in [6.45, 7) is 7.97. The van der Waals surface area contributed by atoms with Crippen LogP contribution in [0.1, 0.15) is 40.0 Å². The summed E-state index contributed by atoms with van der Waals surface area (Å²) in [6, 6.07) is 0. The number of hydrogen-bond donors (Lipinski definition) is 2. The van der Waals surface area contributed by atoms with Gasteiger partial charge in [0.25, 0.3) is 0 Å². The van der Waals surface area contributed by atoms with Gasteiger partial charge in [-0.25, -0.2) is 0 Å². The molecule has 0 spiro atoms. The lowest BCUT2D eigenvalue weighted by molar-refractivity contribution is 0.318. The second-order valence-electron chi connectivity index (χ2n) is 5.08. The molecule has 2 unspecified atom stereocenters. The van der Waals surface area contributed by atoms with Crippen LogP contribution in [0.2, 0.25) is 0 Å². The van der Waals surface area contributed by atoms with E-state index in [1.807, 2.05) is 14.1 Å². The molecule has 0 bridgehead atoms. The van der Waals surface area contributed by atoms with Crippen LogP contribution in [0.4, 0.5) is 0 Å². The van der Waals surface area contributed by atoms with E-state index < -0.39 is 0 Å². The highest BCUT2D eigenvalue weighted by Crippen LogP contribution is 2.25.